The first-order valence-electron chi connectivity index (χ1n) is 6.98. The van der Waals surface area contributed by atoms with E-state index in [0.717, 1.165) is 44.0 Å². The Morgan fingerprint density at radius 1 is 1.40 bits per heavy atom. The lowest BCUT2D eigenvalue weighted by atomic mass is 10.1. The molecule has 1 aromatic heterocycles. The van der Waals surface area contributed by atoms with Gasteiger partial charge in [0.1, 0.15) is 0 Å². The van der Waals surface area contributed by atoms with E-state index in [2.05, 4.69) is 9.80 Å². The van der Waals surface area contributed by atoms with Crippen molar-refractivity contribution >= 4 is 28.7 Å². The number of Topliss-reactive ketones (excluding diaryl/α,β-unsaturated/α-hetero) is 1. The van der Waals surface area contributed by atoms with E-state index in [1.54, 1.807) is 6.07 Å². The van der Waals surface area contributed by atoms with Gasteiger partial charge in [0.25, 0.3) is 0 Å². The summed E-state index contributed by atoms with van der Waals surface area (Å²) in [6.45, 7) is 6.57. The molecule has 1 aliphatic rings. The highest BCUT2D eigenvalue weighted by molar-refractivity contribution is 7.18. The third-order valence-corrected chi connectivity index (χ3v) is 5.03. The molecular formula is C14H21ClN2O2S. The van der Waals surface area contributed by atoms with E-state index in [-0.39, 0.29) is 18.4 Å². The molecule has 20 heavy (non-hydrogen) atoms. The van der Waals surface area contributed by atoms with E-state index in [0.29, 0.717) is 4.34 Å². The summed E-state index contributed by atoms with van der Waals surface area (Å²) < 4.78 is 0.658. The van der Waals surface area contributed by atoms with Crippen LogP contribution in [0.25, 0.3) is 0 Å². The van der Waals surface area contributed by atoms with Crippen LogP contribution in [0.5, 0.6) is 0 Å². The molecule has 0 saturated carbocycles. The number of carbonyl (C=O) groups is 1. The second-order valence-corrected chi connectivity index (χ2v) is 6.81. The highest BCUT2D eigenvalue weighted by Crippen LogP contribution is 2.24. The average molecular weight is 317 g/mol. The molecule has 1 atom stereocenters. The molecule has 1 aliphatic heterocycles. The number of halogens is 1. The zero-order chi connectivity index (χ0) is 14.5. The second kappa shape index (κ2) is 7.52. The maximum Gasteiger partial charge on any atom is 0.189 e. The van der Waals surface area contributed by atoms with Gasteiger partial charge in [0.2, 0.25) is 0 Å². The Bertz CT molecular complexity index is 452. The summed E-state index contributed by atoms with van der Waals surface area (Å²) in [7, 11) is 0. The SMILES string of the molecule is CC(C(=O)c1ccc(Cl)s1)N1CCCN(CCO)CC1. The molecule has 112 valence electrons. The molecule has 1 saturated heterocycles. The summed E-state index contributed by atoms with van der Waals surface area (Å²) in [4.78, 5) is 17.6. The lowest BCUT2D eigenvalue weighted by Crippen LogP contribution is -2.41. The maximum atomic E-state index is 12.4. The smallest absolute Gasteiger partial charge is 0.189 e. The van der Waals surface area contributed by atoms with Gasteiger partial charge < -0.3 is 5.11 Å². The van der Waals surface area contributed by atoms with Crippen molar-refractivity contribution in [2.75, 3.05) is 39.3 Å². The van der Waals surface area contributed by atoms with E-state index < -0.39 is 0 Å². The number of hydrogen-bond acceptors (Lipinski definition) is 5. The summed E-state index contributed by atoms with van der Waals surface area (Å²) >= 11 is 7.25. The minimum Gasteiger partial charge on any atom is -0.395 e. The molecule has 4 nitrogen and oxygen atoms in total. The number of carbonyl (C=O) groups excluding carboxylic acids is 1. The molecule has 1 N–H and O–H groups in total. The van der Waals surface area contributed by atoms with Crippen molar-refractivity contribution in [3.05, 3.63) is 21.3 Å². The largest absolute Gasteiger partial charge is 0.395 e. The molecule has 0 bridgehead atoms. The van der Waals surface area contributed by atoms with Crippen LogP contribution in [0.1, 0.15) is 23.0 Å². The Morgan fingerprint density at radius 3 is 2.85 bits per heavy atom. The Hall–Kier alpha value is -0.460. The zero-order valence-corrected chi connectivity index (χ0v) is 13.3. The summed E-state index contributed by atoms with van der Waals surface area (Å²) in [5, 5.41) is 9.00. The van der Waals surface area contributed by atoms with E-state index in [1.165, 1.54) is 11.3 Å². The predicted molar refractivity (Wildman–Crippen MR) is 82.8 cm³/mol. The van der Waals surface area contributed by atoms with Gasteiger partial charge in [-0.05, 0) is 32.0 Å². The van der Waals surface area contributed by atoms with Crippen LogP contribution in [0.15, 0.2) is 12.1 Å². The highest BCUT2D eigenvalue weighted by atomic mass is 35.5. The molecule has 1 fully saturated rings. The van der Waals surface area contributed by atoms with Crippen LogP contribution in [0.4, 0.5) is 0 Å². The minimum absolute atomic E-state index is 0.112. The molecule has 6 heteroatoms. The molecule has 0 amide bonds. The number of ketones is 1. The van der Waals surface area contributed by atoms with Crippen molar-refractivity contribution < 1.29 is 9.90 Å². The zero-order valence-electron chi connectivity index (χ0n) is 11.7. The van der Waals surface area contributed by atoms with Crippen molar-refractivity contribution in [2.45, 2.75) is 19.4 Å². The van der Waals surface area contributed by atoms with Gasteiger partial charge >= 0.3 is 0 Å². The average Bonchev–Trinajstić information content (AvgIpc) is 2.73. The number of β-amino-alcohol motifs (C(OH)–C–C–N with tert-alkyl or cyclic N) is 1. The van der Waals surface area contributed by atoms with Crippen molar-refractivity contribution in [3.63, 3.8) is 0 Å². The molecule has 1 aromatic rings. The van der Waals surface area contributed by atoms with Crippen LogP contribution in [-0.4, -0.2) is 66.1 Å². The first-order valence-corrected chi connectivity index (χ1v) is 8.18. The van der Waals surface area contributed by atoms with Gasteiger partial charge in [-0.25, -0.2) is 0 Å². The highest BCUT2D eigenvalue weighted by Gasteiger charge is 2.25. The third kappa shape index (κ3) is 4.02. The van der Waals surface area contributed by atoms with Crippen molar-refractivity contribution in [3.8, 4) is 0 Å². The maximum absolute atomic E-state index is 12.4. The van der Waals surface area contributed by atoms with Crippen LogP contribution in [0.2, 0.25) is 4.34 Å². The Morgan fingerprint density at radius 2 is 2.20 bits per heavy atom. The number of nitrogens with zero attached hydrogens (tertiary/aromatic N) is 2. The summed E-state index contributed by atoms with van der Waals surface area (Å²) in [6, 6.07) is 3.47. The summed E-state index contributed by atoms with van der Waals surface area (Å²) in [6.07, 6.45) is 1.03. The molecule has 0 radical (unpaired) electrons. The van der Waals surface area contributed by atoms with E-state index in [9.17, 15) is 4.79 Å². The topological polar surface area (TPSA) is 43.8 Å². The van der Waals surface area contributed by atoms with Gasteiger partial charge in [-0.2, -0.15) is 0 Å². The van der Waals surface area contributed by atoms with Crippen LogP contribution >= 0.6 is 22.9 Å². The predicted octanol–water partition coefficient (Wildman–Crippen LogP) is 1.97. The normalized spacial score (nSPS) is 19.8. The van der Waals surface area contributed by atoms with Crippen LogP contribution in [-0.2, 0) is 0 Å². The first-order chi connectivity index (χ1) is 9.61. The lowest BCUT2D eigenvalue weighted by molar-refractivity contribution is 0.0845. The summed E-state index contributed by atoms with van der Waals surface area (Å²) in [5.74, 6) is 0.150. The fourth-order valence-corrected chi connectivity index (χ4v) is 3.63. The lowest BCUT2D eigenvalue weighted by Gasteiger charge is -2.26. The van der Waals surface area contributed by atoms with Gasteiger partial charge in [-0.3, -0.25) is 14.6 Å². The quantitative estimate of drug-likeness (QED) is 0.844. The van der Waals surface area contributed by atoms with Crippen LogP contribution in [0.3, 0.4) is 0 Å². The molecular weight excluding hydrogens is 296 g/mol. The molecule has 2 heterocycles. The molecule has 2 rings (SSSR count). The standard InChI is InChI=1S/C14H21ClN2O2S/c1-11(14(19)12-3-4-13(15)20-12)17-6-2-5-16(7-8-17)9-10-18/h3-4,11,18H,2,5-10H2,1H3. The minimum atomic E-state index is -0.112. The van der Waals surface area contributed by atoms with E-state index in [4.69, 9.17) is 16.7 Å². The Kier molecular flexibility index (Phi) is 5.99. The molecule has 0 spiro atoms. The van der Waals surface area contributed by atoms with E-state index in [1.807, 2.05) is 13.0 Å². The molecule has 1 unspecified atom stereocenters. The Balaban J connectivity index is 1.95. The summed E-state index contributed by atoms with van der Waals surface area (Å²) in [5.41, 5.74) is 0. The van der Waals surface area contributed by atoms with Crippen molar-refractivity contribution in [2.24, 2.45) is 0 Å². The van der Waals surface area contributed by atoms with Gasteiger partial charge in [0.15, 0.2) is 5.78 Å². The van der Waals surface area contributed by atoms with Crippen LogP contribution in [0, 0.1) is 0 Å². The van der Waals surface area contributed by atoms with Gasteiger partial charge in [0.05, 0.1) is 21.9 Å². The van der Waals surface area contributed by atoms with Gasteiger partial charge in [-0.15, -0.1) is 11.3 Å². The number of aliphatic hydroxyl groups excluding tert-OH is 1. The number of aliphatic hydroxyl groups is 1. The second-order valence-electron chi connectivity index (χ2n) is 5.10. The van der Waals surface area contributed by atoms with Crippen molar-refractivity contribution in [1.82, 2.24) is 9.80 Å². The third-order valence-electron chi connectivity index (χ3n) is 3.78. The number of thiophene rings is 1. The molecule has 0 aliphatic carbocycles. The van der Waals surface area contributed by atoms with Gasteiger partial charge in [-0.1, -0.05) is 11.6 Å². The number of hydrogen-bond donors (Lipinski definition) is 1. The molecule has 0 aromatic carbocycles. The first kappa shape index (κ1) is 15.9. The van der Waals surface area contributed by atoms with Gasteiger partial charge in [0, 0.05) is 26.2 Å². The monoisotopic (exact) mass is 316 g/mol. The Labute approximate surface area is 128 Å². The number of rotatable bonds is 5. The van der Waals surface area contributed by atoms with Crippen LogP contribution < -0.4 is 0 Å². The van der Waals surface area contributed by atoms with E-state index >= 15 is 0 Å². The fourth-order valence-electron chi connectivity index (χ4n) is 2.56. The van der Waals surface area contributed by atoms with Crippen molar-refractivity contribution in [1.29, 1.82) is 0 Å². The fraction of sp³-hybridized carbons (Fsp3) is 0.643.